The lowest BCUT2D eigenvalue weighted by molar-refractivity contribution is 0.194. The van der Waals surface area contributed by atoms with Crippen LogP contribution >= 0.6 is 0 Å². The van der Waals surface area contributed by atoms with Gasteiger partial charge in [0.25, 0.3) is 0 Å². The van der Waals surface area contributed by atoms with E-state index in [0.29, 0.717) is 0 Å². The molecule has 0 radical (unpaired) electrons. The van der Waals surface area contributed by atoms with Crippen LogP contribution in [0.15, 0.2) is 60.7 Å². The molecular formula is C20H26N2. The van der Waals surface area contributed by atoms with Crippen LogP contribution in [0.25, 0.3) is 0 Å². The third-order valence-corrected chi connectivity index (χ3v) is 4.41. The molecule has 3 rings (SSSR count). The molecule has 22 heavy (non-hydrogen) atoms. The maximum Gasteiger partial charge on any atom is 0.0237 e. The van der Waals surface area contributed by atoms with Crippen LogP contribution in [-0.2, 0) is 13.1 Å². The van der Waals surface area contributed by atoms with Crippen LogP contribution in [0.2, 0.25) is 0 Å². The second kappa shape index (κ2) is 8.11. The van der Waals surface area contributed by atoms with Gasteiger partial charge in [0.15, 0.2) is 0 Å². The van der Waals surface area contributed by atoms with E-state index in [1.165, 1.54) is 43.6 Å². The summed E-state index contributed by atoms with van der Waals surface area (Å²) in [5.41, 5.74) is 2.81. The van der Waals surface area contributed by atoms with Crippen molar-refractivity contribution in [2.24, 2.45) is 5.92 Å². The average molecular weight is 294 g/mol. The molecule has 2 aromatic rings. The Kier molecular flexibility index (Phi) is 5.63. The maximum atomic E-state index is 3.54. The zero-order valence-electron chi connectivity index (χ0n) is 13.2. The summed E-state index contributed by atoms with van der Waals surface area (Å²) in [7, 11) is 0. The van der Waals surface area contributed by atoms with E-state index in [-0.39, 0.29) is 0 Å². The Hall–Kier alpha value is -1.64. The molecule has 2 aromatic carbocycles. The Balaban J connectivity index is 1.66. The molecule has 1 heterocycles. The lowest BCUT2D eigenvalue weighted by atomic mass is 9.98. The van der Waals surface area contributed by atoms with Crippen molar-refractivity contribution in [1.29, 1.82) is 0 Å². The quantitative estimate of drug-likeness (QED) is 0.874. The predicted molar refractivity (Wildman–Crippen MR) is 92.6 cm³/mol. The molecule has 0 bridgehead atoms. The number of rotatable bonds is 6. The van der Waals surface area contributed by atoms with Crippen LogP contribution in [0.5, 0.6) is 0 Å². The normalized spacial score (nSPS) is 18.5. The van der Waals surface area contributed by atoms with Crippen molar-refractivity contribution in [3.05, 3.63) is 71.8 Å². The zero-order valence-corrected chi connectivity index (χ0v) is 13.2. The minimum Gasteiger partial charge on any atom is -0.316 e. The van der Waals surface area contributed by atoms with E-state index in [0.717, 1.165) is 19.0 Å². The lowest BCUT2D eigenvalue weighted by Crippen LogP contribution is -2.37. The van der Waals surface area contributed by atoms with Crippen LogP contribution in [0.4, 0.5) is 0 Å². The van der Waals surface area contributed by atoms with E-state index in [2.05, 4.69) is 70.9 Å². The van der Waals surface area contributed by atoms with Gasteiger partial charge in [-0.2, -0.15) is 0 Å². The first kappa shape index (κ1) is 15.3. The number of hydrogen-bond acceptors (Lipinski definition) is 2. The summed E-state index contributed by atoms with van der Waals surface area (Å²) >= 11 is 0. The lowest BCUT2D eigenvalue weighted by Gasteiger charge is -2.30. The zero-order chi connectivity index (χ0) is 15.0. The topological polar surface area (TPSA) is 15.3 Å². The fraction of sp³-hybridized carbons (Fsp3) is 0.400. The van der Waals surface area contributed by atoms with Gasteiger partial charge in [0.2, 0.25) is 0 Å². The van der Waals surface area contributed by atoms with Crippen molar-refractivity contribution < 1.29 is 0 Å². The first-order chi connectivity index (χ1) is 10.9. The summed E-state index contributed by atoms with van der Waals surface area (Å²) < 4.78 is 0. The van der Waals surface area contributed by atoms with E-state index < -0.39 is 0 Å². The molecule has 116 valence electrons. The van der Waals surface area contributed by atoms with Crippen molar-refractivity contribution in [3.8, 4) is 0 Å². The van der Waals surface area contributed by atoms with Crippen molar-refractivity contribution in [1.82, 2.24) is 10.2 Å². The Morgan fingerprint density at radius 1 is 0.864 bits per heavy atom. The van der Waals surface area contributed by atoms with E-state index in [1.54, 1.807) is 0 Å². The third-order valence-electron chi connectivity index (χ3n) is 4.41. The number of nitrogens with zero attached hydrogens (tertiary/aromatic N) is 1. The molecule has 1 unspecified atom stereocenters. The molecule has 0 aromatic heterocycles. The minimum absolute atomic E-state index is 0.779. The maximum absolute atomic E-state index is 3.54. The van der Waals surface area contributed by atoms with Gasteiger partial charge in [0, 0.05) is 19.6 Å². The van der Waals surface area contributed by atoms with Crippen molar-refractivity contribution in [2.75, 3.05) is 19.6 Å². The molecule has 1 fully saturated rings. The van der Waals surface area contributed by atoms with Crippen LogP contribution in [0.3, 0.4) is 0 Å². The monoisotopic (exact) mass is 294 g/mol. The molecule has 1 saturated heterocycles. The first-order valence-corrected chi connectivity index (χ1v) is 8.41. The second-order valence-electron chi connectivity index (χ2n) is 6.35. The minimum atomic E-state index is 0.779. The highest BCUT2D eigenvalue weighted by atomic mass is 15.1. The fourth-order valence-corrected chi connectivity index (χ4v) is 3.31. The highest BCUT2D eigenvalue weighted by Gasteiger charge is 2.17. The van der Waals surface area contributed by atoms with Crippen LogP contribution in [-0.4, -0.2) is 24.5 Å². The van der Waals surface area contributed by atoms with E-state index in [4.69, 9.17) is 0 Å². The molecule has 1 aliphatic heterocycles. The van der Waals surface area contributed by atoms with Crippen molar-refractivity contribution >= 4 is 0 Å². The van der Waals surface area contributed by atoms with Gasteiger partial charge in [0.05, 0.1) is 0 Å². The van der Waals surface area contributed by atoms with Gasteiger partial charge in [0.1, 0.15) is 0 Å². The van der Waals surface area contributed by atoms with E-state index in [9.17, 15) is 0 Å². The molecule has 0 spiro atoms. The Bertz CT molecular complexity index is 491. The van der Waals surface area contributed by atoms with Gasteiger partial charge in [-0.15, -0.1) is 0 Å². The predicted octanol–water partition coefficient (Wildman–Crippen LogP) is 3.69. The largest absolute Gasteiger partial charge is 0.316 e. The van der Waals surface area contributed by atoms with Crippen LogP contribution < -0.4 is 5.32 Å². The van der Waals surface area contributed by atoms with Gasteiger partial charge < -0.3 is 5.32 Å². The second-order valence-corrected chi connectivity index (χ2v) is 6.35. The summed E-state index contributed by atoms with van der Waals surface area (Å²) in [5.74, 6) is 0.779. The van der Waals surface area contributed by atoms with Crippen LogP contribution in [0.1, 0.15) is 24.0 Å². The molecule has 0 aliphatic carbocycles. The fourth-order valence-electron chi connectivity index (χ4n) is 3.31. The number of hydrogen-bond donors (Lipinski definition) is 1. The van der Waals surface area contributed by atoms with E-state index >= 15 is 0 Å². The molecule has 1 N–H and O–H groups in total. The highest BCUT2D eigenvalue weighted by molar-refractivity contribution is 5.17. The Morgan fingerprint density at radius 2 is 1.45 bits per heavy atom. The summed E-state index contributed by atoms with van der Waals surface area (Å²) in [5, 5.41) is 3.54. The Morgan fingerprint density at radius 3 is 1.95 bits per heavy atom. The van der Waals surface area contributed by atoms with E-state index in [1.807, 2.05) is 0 Å². The van der Waals surface area contributed by atoms with Crippen molar-refractivity contribution in [2.45, 2.75) is 25.9 Å². The summed E-state index contributed by atoms with van der Waals surface area (Å²) in [6, 6.07) is 21.7. The molecule has 1 aliphatic rings. The SMILES string of the molecule is c1ccc(CN(Cc2ccccc2)CC2CCCNC2)cc1. The smallest absolute Gasteiger partial charge is 0.0237 e. The molecule has 0 amide bonds. The first-order valence-electron chi connectivity index (χ1n) is 8.41. The molecular weight excluding hydrogens is 268 g/mol. The standard InChI is InChI=1S/C20H26N2/c1-3-8-18(9-4-1)15-22(16-19-10-5-2-6-11-19)17-20-12-7-13-21-14-20/h1-6,8-11,20-21H,7,12-17H2. The molecule has 1 atom stereocenters. The number of piperidine rings is 1. The van der Waals surface area contributed by atoms with Gasteiger partial charge in [-0.25, -0.2) is 0 Å². The molecule has 0 saturated carbocycles. The van der Waals surface area contributed by atoms with Crippen LogP contribution in [0, 0.1) is 5.92 Å². The highest BCUT2D eigenvalue weighted by Crippen LogP contribution is 2.16. The molecule has 2 heteroatoms. The molecule has 2 nitrogen and oxygen atoms in total. The van der Waals surface area contributed by atoms with Crippen molar-refractivity contribution in [3.63, 3.8) is 0 Å². The summed E-state index contributed by atoms with van der Waals surface area (Å²) in [6.45, 7) is 5.60. The summed E-state index contributed by atoms with van der Waals surface area (Å²) in [4.78, 5) is 2.60. The Labute approximate surface area is 134 Å². The number of nitrogens with one attached hydrogen (secondary N) is 1. The van der Waals surface area contributed by atoms with Gasteiger partial charge in [-0.3, -0.25) is 4.90 Å². The third kappa shape index (κ3) is 4.69. The summed E-state index contributed by atoms with van der Waals surface area (Å²) in [6.07, 6.45) is 2.67. The van der Waals surface area contributed by atoms with Gasteiger partial charge in [-0.05, 0) is 43.0 Å². The van der Waals surface area contributed by atoms with Gasteiger partial charge in [-0.1, -0.05) is 60.7 Å². The van der Waals surface area contributed by atoms with Gasteiger partial charge >= 0.3 is 0 Å². The number of benzene rings is 2. The average Bonchev–Trinajstić information content (AvgIpc) is 2.57.